The minimum absolute atomic E-state index is 0.000551. The molecule has 1 N–H and O–H groups in total. The van der Waals surface area contributed by atoms with Crippen molar-refractivity contribution >= 4 is 23.5 Å². The highest BCUT2D eigenvalue weighted by Gasteiger charge is 2.37. The molecule has 2 fully saturated rings. The van der Waals surface area contributed by atoms with Crippen LogP contribution in [-0.2, 0) is 9.53 Å². The Kier molecular flexibility index (Phi) is 6.76. The SMILES string of the molecule is CCOC(=O)c1ccc(Cl)c(OC[C@H]2CC[C@@H](C(=O)N3CCC[C@H]3C#N)N2)c1. The van der Waals surface area contributed by atoms with Crippen LogP contribution in [0.1, 0.15) is 43.0 Å². The van der Waals surface area contributed by atoms with Gasteiger partial charge in [0, 0.05) is 12.6 Å². The normalized spacial score (nSPS) is 24.0. The molecule has 0 saturated carbocycles. The van der Waals surface area contributed by atoms with E-state index in [0.717, 1.165) is 19.3 Å². The Morgan fingerprint density at radius 3 is 2.93 bits per heavy atom. The Hall–Kier alpha value is -2.30. The van der Waals surface area contributed by atoms with Crippen LogP contribution >= 0.6 is 11.6 Å². The Morgan fingerprint density at radius 2 is 2.18 bits per heavy atom. The fraction of sp³-hybridized carbons (Fsp3) is 0.550. The maximum Gasteiger partial charge on any atom is 0.338 e. The fourth-order valence-corrected chi connectivity index (χ4v) is 3.83. The summed E-state index contributed by atoms with van der Waals surface area (Å²) < 4.78 is 10.8. The Labute approximate surface area is 169 Å². The van der Waals surface area contributed by atoms with Crippen molar-refractivity contribution in [1.82, 2.24) is 10.2 Å². The van der Waals surface area contributed by atoms with Crippen LogP contribution in [-0.4, -0.2) is 54.7 Å². The molecule has 0 radical (unpaired) electrons. The molecular weight excluding hydrogens is 382 g/mol. The van der Waals surface area contributed by atoms with Gasteiger partial charge >= 0.3 is 5.97 Å². The Morgan fingerprint density at radius 1 is 1.36 bits per heavy atom. The second kappa shape index (κ2) is 9.26. The number of nitrogens with zero attached hydrogens (tertiary/aromatic N) is 2. The quantitative estimate of drug-likeness (QED) is 0.731. The molecule has 150 valence electrons. The van der Waals surface area contributed by atoms with Gasteiger partial charge in [0.1, 0.15) is 18.4 Å². The van der Waals surface area contributed by atoms with Gasteiger partial charge in [0.25, 0.3) is 0 Å². The number of rotatable bonds is 6. The van der Waals surface area contributed by atoms with Crippen LogP contribution in [0.15, 0.2) is 18.2 Å². The average molecular weight is 406 g/mol. The van der Waals surface area contributed by atoms with E-state index in [1.807, 2.05) is 0 Å². The Bertz CT molecular complexity index is 779. The molecule has 0 spiro atoms. The van der Waals surface area contributed by atoms with E-state index in [4.69, 9.17) is 21.1 Å². The molecule has 1 aromatic carbocycles. The minimum atomic E-state index is -0.425. The smallest absolute Gasteiger partial charge is 0.338 e. The first-order chi connectivity index (χ1) is 13.5. The van der Waals surface area contributed by atoms with Crippen molar-refractivity contribution < 1.29 is 19.1 Å². The van der Waals surface area contributed by atoms with E-state index in [9.17, 15) is 14.9 Å². The van der Waals surface area contributed by atoms with E-state index in [2.05, 4.69) is 11.4 Å². The minimum Gasteiger partial charge on any atom is -0.490 e. The second-order valence-electron chi connectivity index (χ2n) is 6.99. The van der Waals surface area contributed by atoms with Gasteiger partial charge in [-0.15, -0.1) is 0 Å². The first kappa shape index (κ1) is 20.4. The van der Waals surface area contributed by atoms with Crippen LogP contribution in [0.4, 0.5) is 0 Å². The molecule has 3 rings (SSSR count). The molecule has 2 heterocycles. The molecule has 0 bridgehead atoms. The van der Waals surface area contributed by atoms with E-state index in [-0.39, 0.29) is 24.0 Å². The first-order valence-corrected chi connectivity index (χ1v) is 9.97. The van der Waals surface area contributed by atoms with E-state index in [1.165, 1.54) is 0 Å². The van der Waals surface area contributed by atoms with Gasteiger partial charge in [0.15, 0.2) is 0 Å². The summed E-state index contributed by atoms with van der Waals surface area (Å²) in [6.07, 6.45) is 3.12. The average Bonchev–Trinajstić information content (AvgIpc) is 3.36. The fourth-order valence-electron chi connectivity index (χ4n) is 3.66. The predicted molar refractivity (Wildman–Crippen MR) is 103 cm³/mol. The number of esters is 1. The molecule has 1 amide bonds. The molecule has 0 aromatic heterocycles. The van der Waals surface area contributed by atoms with Gasteiger partial charge in [-0.2, -0.15) is 5.26 Å². The van der Waals surface area contributed by atoms with Crippen molar-refractivity contribution in [3.05, 3.63) is 28.8 Å². The van der Waals surface area contributed by atoms with Gasteiger partial charge in [-0.1, -0.05) is 11.6 Å². The van der Waals surface area contributed by atoms with Gasteiger partial charge < -0.3 is 14.4 Å². The van der Waals surface area contributed by atoms with E-state index in [1.54, 1.807) is 30.0 Å². The summed E-state index contributed by atoms with van der Waals surface area (Å²) in [6.45, 7) is 3.02. The maximum absolute atomic E-state index is 12.7. The Balaban J connectivity index is 1.55. The molecule has 2 aliphatic rings. The zero-order valence-electron chi connectivity index (χ0n) is 15.8. The van der Waals surface area contributed by atoms with Crippen LogP contribution in [0.5, 0.6) is 5.75 Å². The topological polar surface area (TPSA) is 91.7 Å². The molecule has 0 aliphatic carbocycles. The summed E-state index contributed by atoms with van der Waals surface area (Å²) in [5, 5.41) is 12.9. The van der Waals surface area contributed by atoms with Crippen LogP contribution in [0.2, 0.25) is 5.02 Å². The molecule has 8 heteroatoms. The molecule has 2 aliphatic heterocycles. The summed E-state index contributed by atoms with van der Waals surface area (Å²) in [5.41, 5.74) is 0.380. The predicted octanol–water partition coefficient (Wildman–Crippen LogP) is 2.53. The lowest BCUT2D eigenvalue weighted by Crippen LogP contribution is -2.47. The van der Waals surface area contributed by atoms with Crippen molar-refractivity contribution in [1.29, 1.82) is 5.26 Å². The molecular formula is C20H24ClN3O4. The lowest BCUT2D eigenvalue weighted by Gasteiger charge is -2.24. The van der Waals surface area contributed by atoms with Crippen molar-refractivity contribution in [3.8, 4) is 11.8 Å². The number of nitriles is 1. The van der Waals surface area contributed by atoms with Crippen molar-refractivity contribution in [2.24, 2.45) is 0 Å². The number of amides is 1. The molecule has 3 atom stereocenters. The number of hydrogen-bond acceptors (Lipinski definition) is 6. The highest BCUT2D eigenvalue weighted by atomic mass is 35.5. The van der Waals surface area contributed by atoms with Crippen LogP contribution in [0.25, 0.3) is 0 Å². The summed E-state index contributed by atoms with van der Waals surface area (Å²) in [7, 11) is 0. The van der Waals surface area contributed by atoms with Crippen LogP contribution in [0, 0.1) is 11.3 Å². The van der Waals surface area contributed by atoms with Crippen LogP contribution < -0.4 is 10.1 Å². The van der Waals surface area contributed by atoms with Crippen molar-refractivity contribution in [2.45, 2.75) is 50.7 Å². The third-order valence-electron chi connectivity index (χ3n) is 5.11. The monoisotopic (exact) mass is 405 g/mol. The number of carbonyl (C=O) groups is 2. The van der Waals surface area contributed by atoms with E-state index < -0.39 is 5.97 Å². The molecule has 28 heavy (non-hydrogen) atoms. The summed E-state index contributed by atoms with van der Waals surface area (Å²) in [6, 6.07) is 6.37. The largest absolute Gasteiger partial charge is 0.490 e. The molecule has 2 saturated heterocycles. The third kappa shape index (κ3) is 4.57. The molecule has 7 nitrogen and oxygen atoms in total. The second-order valence-corrected chi connectivity index (χ2v) is 7.40. The number of benzene rings is 1. The van der Waals surface area contributed by atoms with Crippen LogP contribution in [0.3, 0.4) is 0 Å². The highest BCUT2D eigenvalue weighted by Crippen LogP contribution is 2.27. The highest BCUT2D eigenvalue weighted by molar-refractivity contribution is 6.32. The lowest BCUT2D eigenvalue weighted by atomic mass is 10.1. The van der Waals surface area contributed by atoms with Gasteiger partial charge in [0.05, 0.1) is 29.3 Å². The van der Waals surface area contributed by atoms with E-state index >= 15 is 0 Å². The van der Waals surface area contributed by atoms with Gasteiger partial charge in [-0.3, -0.25) is 10.1 Å². The van der Waals surface area contributed by atoms with Gasteiger partial charge in [-0.05, 0) is 50.8 Å². The van der Waals surface area contributed by atoms with Crippen molar-refractivity contribution in [3.63, 3.8) is 0 Å². The number of hydrogen-bond donors (Lipinski definition) is 1. The van der Waals surface area contributed by atoms with E-state index in [0.29, 0.717) is 42.5 Å². The number of likely N-dealkylation sites (tertiary alicyclic amines) is 1. The van der Waals surface area contributed by atoms with Gasteiger partial charge in [-0.25, -0.2) is 4.79 Å². The standard InChI is InChI=1S/C20H24ClN3O4/c1-2-27-20(26)13-5-7-16(21)18(10-13)28-12-14-6-8-17(23-14)19(25)24-9-3-4-15(24)11-22/h5,7,10,14-15,17,23H,2-4,6,8-9,12H2,1H3/t14-,15+,17+/m1/s1. The summed E-state index contributed by atoms with van der Waals surface area (Å²) in [4.78, 5) is 26.2. The lowest BCUT2D eigenvalue weighted by molar-refractivity contribution is -0.133. The third-order valence-corrected chi connectivity index (χ3v) is 5.42. The maximum atomic E-state index is 12.7. The number of nitrogens with one attached hydrogen (secondary N) is 1. The number of halogens is 1. The summed E-state index contributed by atoms with van der Waals surface area (Å²) >= 11 is 6.17. The molecule has 1 aromatic rings. The first-order valence-electron chi connectivity index (χ1n) is 9.59. The van der Waals surface area contributed by atoms with Crippen molar-refractivity contribution in [2.75, 3.05) is 19.8 Å². The zero-order chi connectivity index (χ0) is 20.1. The zero-order valence-corrected chi connectivity index (χ0v) is 16.6. The number of carbonyl (C=O) groups excluding carboxylic acids is 2. The number of ether oxygens (including phenoxy) is 2. The molecule has 0 unspecified atom stereocenters. The summed E-state index contributed by atoms with van der Waals surface area (Å²) in [5.74, 6) is -0.0203. The van der Waals surface area contributed by atoms with Gasteiger partial charge in [0.2, 0.25) is 5.91 Å².